The molecule has 0 bridgehead atoms. The monoisotopic (exact) mass is 545 g/mol. The third-order valence-electron chi connectivity index (χ3n) is 7.10. The number of aryl methyl sites for hydroxylation is 1. The maximum Gasteiger partial charge on any atom is 0.259 e. The van der Waals surface area contributed by atoms with Crippen molar-refractivity contribution in [1.82, 2.24) is 39.5 Å². The third kappa shape index (κ3) is 5.12. The lowest BCUT2D eigenvalue weighted by atomic mass is 10.1. The Bertz CT molecular complexity index is 1580. The number of rotatable bonds is 6. The maximum absolute atomic E-state index is 15.5. The molecule has 40 heavy (non-hydrogen) atoms. The van der Waals surface area contributed by atoms with Crippen LogP contribution in [0.1, 0.15) is 66.8 Å². The lowest BCUT2D eigenvalue weighted by Gasteiger charge is -2.33. The van der Waals surface area contributed by atoms with Gasteiger partial charge in [-0.25, -0.2) is 14.4 Å². The highest BCUT2D eigenvalue weighted by Gasteiger charge is 2.34. The van der Waals surface area contributed by atoms with Crippen LogP contribution in [0.4, 0.5) is 10.2 Å². The molecule has 1 amide bonds. The minimum Gasteiger partial charge on any atom is -0.365 e. The quantitative estimate of drug-likeness (QED) is 0.315. The van der Waals surface area contributed by atoms with E-state index >= 15 is 4.39 Å². The van der Waals surface area contributed by atoms with Crippen molar-refractivity contribution >= 4 is 11.7 Å². The van der Waals surface area contributed by atoms with Crippen LogP contribution in [0.3, 0.4) is 0 Å². The van der Waals surface area contributed by atoms with E-state index in [1.54, 1.807) is 48.5 Å². The van der Waals surface area contributed by atoms with Crippen LogP contribution in [0.5, 0.6) is 0 Å². The number of aliphatic hydroxyl groups is 1. The molecule has 12 heteroatoms. The lowest BCUT2D eigenvalue weighted by molar-refractivity contribution is -0.0489. The van der Waals surface area contributed by atoms with Gasteiger partial charge in [-0.3, -0.25) is 15.0 Å². The van der Waals surface area contributed by atoms with Gasteiger partial charge in [0.2, 0.25) is 0 Å². The zero-order valence-electron chi connectivity index (χ0n) is 22.9. The first-order valence-corrected chi connectivity index (χ1v) is 13.3. The molecule has 1 unspecified atom stereocenters. The van der Waals surface area contributed by atoms with Crippen molar-refractivity contribution in [3.8, 4) is 17.2 Å². The van der Waals surface area contributed by atoms with E-state index in [0.29, 0.717) is 35.2 Å². The van der Waals surface area contributed by atoms with Crippen molar-refractivity contribution in [3.05, 3.63) is 71.3 Å². The van der Waals surface area contributed by atoms with Gasteiger partial charge in [-0.05, 0) is 63.4 Å². The van der Waals surface area contributed by atoms with Crippen LogP contribution in [-0.2, 0) is 20.1 Å². The molecule has 3 N–H and O–H groups in total. The first-order valence-electron chi connectivity index (χ1n) is 13.3. The average Bonchev–Trinajstić information content (AvgIpc) is 3.55. The van der Waals surface area contributed by atoms with Crippen molar-refractivity contribution in [1.29, 1.82) is 0 Å². The van der Waals surface area contributed by atoms with Gasteiger partial charge in [0, 0.05) is 31.6 Å². The Labute approximate surface area is 231 Å². The number of fused-ring (bicyclic) bond motifs is 3. The van der Waals surface area contributed by atoms with E-state index in [0.717, 1.165) is 24.2 Å². The predicted octanol–water partition coefficient (Wildman–Crippen LogP) is 3.31. The molecule has 1 saturated carbocycles. The Morgan fingerprint density at radius 2 is 1.98 bits per heavy atom. The summed E-state index contributed by atoms with van der Waals surface area (Å²) in [6, 6.07) is 8.06. The number of aliphatic hydroxyl groups excluding tert-OH is 1. The van der Waals surface area contributed by atoms with Crippen LogP contribution in [0.15, 0.2) is 43.0 Å². The first kappa shape index (κ1) is 26.2. The molecule has 1 aliphatic heterocycles. The molecule has 6 rings (SSSR count). The fourth-order valence-corrected chi connectivity index (χ4v) is 5.02. The third-order valence-corrected chi connectivity index (χ3v) is 7.10. The number of nitrogens with zero attached hydrogens (tertiary/aromatic N) is 7. The van der Waals surface area contributed by atoms with Crippen LogP contribution < -0.4 is 10.6 Å². The molecule has 1 aromatic carbocycles. The number of hydrogen-bond acceptors (Lipinski definition) is 8. The fraction of sp³-hybridized carbons (Fsp3) is 0.393. The number of imidazole rings is 1. The van der Waals surface area contributed by atoms with E-state index in [9.17, 15) is 9.90 Å². The van der Waals surface area contributed by atoms with E-state index in [2.05, 4.69) is 25.8 Å². The van der Waals surface area contributed by atoms with Gasteiger partial charge < -0.3 is 19.6 Å². The van der Waals surface area contributed by atoms with Crippen LogP contribution >= 0.6 is 0 Å². The van der Waals surface area contributed by atoms with E-state index in [1.807, 2.05) is 30.2 Å². The molecule has 11 nitrogen and oxygen atoms in total. The number of benzene rings is 1. The second-order valence-electron chi connectivity index (χ2n) is 11.5. The van der Waals surface area contributed by atoms with Crippen LogP contribution in [0.25, 0.3) is 17.2 Å². The molecule has 0 spiro atoms. The van der Waals surface area contributed by atoms with Crippen molar-refractivity contribution in [2.75, 3.05) is 5.32 Å². The number of nitrogens with one attached hydrogen (secondary N) is 2. The molecule has 0 saturated heterocycles. The summed E-state index contributed by atoms with van der Waals surface area (Å²) in [5.74, 6) is -0.101. The number of halogens is 1. The summed E-state index contributed by atoms with van der Waals surface area (Å²) in [6.07, 6.45) is 4.47. The molecular weight excluding hydrogens is 513 g/mol. The van der Waals surface area contributed by atoms with E-state index in [4.69, 9.17) is 4.98 Å². The highest BCUT2D eigenvalue weighted by molar-refractivity contribution is 6.04. The number of carbonyl (C=O) groups excluding carboxylic acids is 1. The van der Waals surface area contributed by atoms with Crippen molar-refractivity contribution in [2.24, 2.45) is 7.05 Å². The standard InChI is InChI=1S/C28H32FN9O2/c1-28(2,3)34-27(40)37-12-17-10-19(29)18(11-21(17)38-14-30-24(16-8-9-16)22(38)13-37)26(39)33-23-7-5-6-20(32-23)25-35-31-15-36(25)4/h5-7,10-11,14-16,27,34,40H,8-9,12-13H2,1-4H3,(H,32,33,39). The van der Waals surface area contributed by atoms with Gasteiger partial charge in [0.05, 0.1) is 29.0 Å². The van der Waals surface area contributed by atoms with Gasteiger partial charge in [0.25, 0.3) is 5.91 Å². The van der Waals surface area contributed by atoms with Gasteiger partial charge in [-0.1, -0.05) is 6.07 Å². The second-order valence-corrected chi connectivity index (χ2v) is 11.5. The number of aromatic nitrogens is 6. The normalized spacial score (nSPS) is 16.2. The Kier molecular flexibility index (Phi) is 6.48. The molecular formula is C28H32FN9O2. The summed E-state index contributed by atoms with van der Waals surface area (Å²) in [5, 5.41) is 24.9. The molecule has 4 heterocycles. The largest absolute Gasteiger partial charge is 0.365 e. The van der Waals surface area contributed by atoms with Crippen molar-refractivity contribution in [3.63, 3.8) is 0 Å². The van der Waals surface area contributed by atoms with Crippen molar-refractivity contribution in [2.45, 2.75) is 64.5 Å². The summed E-state index contributed by atoms with van der Waals surface area (Å²) in [6.45, 7) is 6.64. The van der Waals surface area contributed by atoms with Gasteiger partial charge in [0.15, 0.2) is 12.2 Å². The van der Waals surface area contributed by atoms with E-state index in [1.165, 1.54) is 6.07 Å². The number of hydrogen-bond donors (Lipinski definition) is 3. The van der Waals surface area contributed by atoms with Gasteiger partial charge >= 0.3 is 0 Å². The number of carbonyl (C=O) groups is 1. The highest BCUT2D eigenvalue weighted by Crippen LogP contribution is 2.42. The predicted molar refractivity (Wildman–Crippen MR) is 146 cm³/mol. The van der Waals surface area contributed by atoms with E-state index in [-0.39, 0.29) is 23.5 Å². The first-order chi connectivity index (χ1) is 19.1. The summed E-state index contributed by atoms with van der Waals surface area (Å²) in [5.41, 5.74) is 3.31. The minimum absolute atomic E-state index is 0.112. The molecule has 2 aliphatic rings. The molecule has 1 fully saturated rings. The molecule has 1 aliphatic carbocycles. The minimum atomic E-state index is -0.959. The van der Waals surface area contributed by atoms with Crippen LogP contribution in [-0.4, -0.2) is 57.1 Å². The van der Waals surface area contributed by atoms with Gasteiger partial charge in [-0.15, -0.1) is 10.2 Å². The van der Waals surface area contributed by atoms with Gasteiger partial charge in [0.1, 0.15) is 23.7 Å². The van der Waals surface area contributed by atoms with Crippen LogP contribution in [0, 0.1) is 5.82 Å². The average molecular weight is 546 g/mol. The SMILES string of the molecule is Cn1cnnc1-c1cccc(NC(=O)c2cc3c(cc2F)CN(C(O)NC(C)(C)C)Cc2c(C4CC4)ncn2-3)n1. The Balaban J connectivity index is 1.35. The number of pyridine rings is 1. The topological polar surface area (TPSA) is 126 Å². The van der Waals surface area contributed by atoms with Crippen molar-refractivity contribution < 1.29 is 14.3 Å². The maximum atomic E-state index is 15.5. The van der Waals surface area contributed by atoms with E-state index < -0.39 is 18.1 Å². The Morgan fingerprint density at radius 3 is 2.67 bits per heavy atom. The number of amides is 1. The smallest absolute Gasteiger partial charge is 0.259 e. The Morgan fingerprint density at radius 1 is 1.18 bits per heavy atom. The molecule has 0 radical (unpaired) electrons. The lowest BCUT2D eigenvalue weighted by Crippen LogP contribution is -2.52. The fourth-order valence-electron chi connectivity index (χ4n) is 5.02. The molecule has 4 aromatic rings. The summed E-state index contributed by atoms with van der Waals surface area (Å²) in [4.78, 5) is 24.3. The molecule has 3 aromatic heterocycles. The zero-order valence-corrected chi connectivity index (χ0v) is 22.9. The second kappa shape index (κ2) is 9.88. The summed E-state index contributed by atoms with van der Waals surface area (Å²) < 4.78 is 19.2. The Hall–Kier alpha value is -4.00. The summed E-state index contributed by atoms with van der Waals surface area (Å²) in [7, 11) is 1.80. The summed E-state index contributed by atoms with van der Waals surface area (Å²) >= 11 is 0. The number of anilines is 1. The van der Waals surface area contributed by atoms with Gasteiger partial charge in [-0.2, -0.15) is 0 Å². The molecule has 208 valence electrons. The molecule has 1 atom stereocenters. The van der Waals surface area contributed by atoms with Crippen LogP contribution in [0.2, 0.25) is 0 Å². The highest BCUT2D eigenvalue weighted by atomic mass is 19.1. The zero-order chi connectivity index (χ0) is 28.2.